The van der Waals surface area contributed by atoms with Crippen molar-refractivity contribution in [1.82, 2.24) is 10.2 Å². The zero-order valence-corrected chi connectivity index (χ0v) is 13.3. The molecule has 130 valence electrons. The van der Waals surface area contributed by atoms with Crippen molar-refractivity contribution in [2.75, 3.05) is 11.5 Å². The predicted octanol–water partition coefficient (Wildman–Crippen LogP) is 3.30. The number of ketones is 1. The summed E-state index contributed by atoms with van der Waals surface area (Å²) in [5.41, 5.74) is 5.21. The summed E-state index contributed by atoms with van der Waals surface area (Å²) in [6.45, 7) is -6.36. The summed E-state index contributed by atoms with van der Waals surface area (Å²) in [7, 11) is 0. The number of aromatic nitrogens is 2. The molecule has 0 atom stereocenters. The Morgan fingerprint density at radius 1 is 1.21 bits per heavy atom. The van der Waals surface area contributed by atoms with Crippen LogP contribution in [0.4, 0.5) is 22.7 Å². The summed E-state index contributed by atoms with van der Waals surface area (Å²) >= 11 is 2.07. The number of thioether (sulfide) groups is 1. The molecule has 0 radical (unpaired) electrons. The Morgan fingerprint density at radius 3 is 2.50 bits per heavy atom. The minimum absolute atomic E-state index is 0.150. The van der Waals surface area contributed by atoms with Gasteiger partial charge in [0.1, 0.15) is 11.5 Å². The highest BCUT2D eigenvalue weighted by atomic mass is 32.2. The number of anilines is 1. The number of Topliss-reactive ketones (excluding diaryl/α,β-unsaturated/α-hetero) is 1. The number of nitrogen functional groups attached to an aromatic ring is 1. The maximum absolute atomic E-state index is 12.5. The fraction of sp³-hybridized carbons (Fsp3) is 0.250. The van der Waals surface area contributed by atoms with Gasteiger partial charge < -0.3 is 15.2 Å². The SMILES string of the molecule is Nc1nnc(SCC(=O)c2ccc(OC(F)F)cc2OC(F)F)s1. The highest BCUT2D eigenvalue weighted by Crippen LogP contribution is 2.30. The van der Waals surface area contributed by atoms with E-state index in [1.165, 1.54) is 0 Å². The number of alkyl halides is 4. The number of rotatable bonds is 8. The van der Waals surface area contributed by atoms with Crippen LogP contribution in [0.5, 0.6) is 11.5 Å². The minimum atomic E-state index is -3.23. The molecular formula is C12H9F4N3O3S2. The molecule has 12 heteroatoms. The van der Waals surface area contributed by atoms with E-state index in [2.05, 4.69) is 19.7 Å². The average Bonchev–Trinajstić information content (AvgIpc) is 2.89. The molecule has 0 amide bonds. The van der Waals surface area contributed by atoms with E-state index in [-0.39, 0.29) is 16.4 Å². The van der Waals surface area contributed by atoms with E-state index in [0.717, 1.165) is 41.3 Å². The maximum Gasteiger partial charge on any atom is 0.387 e. The lowest BCUT2D eigenvalue weighted by Gasteiger charge is -2.12. The Kier molecular flexibility index (Phi) is 6.20. The molecule has 0 saturated carbocycles. The number of nitrogens with zero attached hydrogens (tertiary/aromatic N) is 2. The molecule has 0 spiro atoms. The fourth-order valence-electron chi connectivity index (χ4n) is 1.59. The summed E-state index contributed by atoms with van der Waals surface area (Å²) in [5, 5.41) is 7.49. The molecule has 0 bridgehead atoms. The summed E-state index contributed by atoms with van der Waals surface area (Å²) in [5.74, 6) is -1.66. The summed E-state index contributed by atoms with van der Waals surface area (Å²) in [4.78, 5) is 12.2. The minimum Gasteiger partial charge on any atom is -0.435 e. The monoisotopic (exact) mass is 383 g/mol. The number of nitrogens with two attached hydrogens (primary N) is 1. The second-order valence-electron chi connectivity index (χ2n) is 4.03. The first-order valence-electron chi connectivity index (χ1n) is 6.14. The van der Waals surface area contributed by atoms with Gasteiger partial charge in [-0.25, -0.2) is 0 Å². The quantitative estimate of drug-likeness (QED) is 0.425. The molecule has 0 aliphatic carbocycles. The van der Waals surface area contributed by atoms with Crippen molar-refractivity contribution in [3.8, 4) is 11.5 Å². The Morgan fingerprint density at radius 2 is 1.92 bits per heavy atom. The van der Waals surface area contributed by atoms with Crippen LogP contribution in [0.25, 0.3) is 0 Å². The van der Waals surface area contributed by atoms with Crippen LogP contribution in [0.3, 0.4) is 0 Å². The van der Waals surface area contributed by atoms with Gasteiger partial charge in [-0.3, -0.25) is 4.79 Å². The molecule has 2 N–H and O–H groups in total. The summed E-state index contributed by atoms with van der Waals surface area (Å²) in [6, 6.07) is 2.94. The van der Waals surface area contributed by atoms with Crippen molar-refractivity contribution in [3.05, 3.63) is 23.8 Å². The molecule has 1 aromatic carbocycles. The van der Waals surface area contributed by atoms with Crippen LogP contribution in [0.15, 0.2) is 22.5 Å². The van der Waals surface area contributed by atoms with Gasteiger partial charge in [-0.2, -0.15) is 17.6 Å². The zero-order valence-electron chi connectivity index (χ0n) is 11.6. The lowest BCUT2D eigenvalue weighted by Crippen LogP contribution is -2.10. The van der Waals surface area contributed by atoms with Gasteiger partial charge in [-0.05, 0) is 12.1 Å². The van der Waals surface area contributed by atoms with Crippen molar-refractivity contribution in [2.24, 2.45) is 0 Å². The average molecular weight is 383 g/mol. The first-order valence-corrected chi connectivity index (χ1v) is 7.94. The Bertz CT molecular complexity index is 715. The van der Waals surface area contributed by atoms with E-state index in [1.54, 1.807) is 0 Å². The number of carbonyl (C=O) groups is 1. The first kappa shape index (κ1) is 18.3. The lowest BCUT2D eigenvalue weighted by atomic mass is 10.1. The molecule has 0 aliphatic heterocycles. The third-order valence-corrected chi connectivity index (χ3v) is 4.33. The van der Waals surface area contributed by atoms with E-state index in [9.17, 15) is 22.4 Å². The lowest BCUT2D eigenvalue weighted by molar-refractivity contribution is -0.0544. The van der Waals surface area contributed by atoms with Crippen LogP contribution in [0, 0.1) is 0 Å². The van der Waals surface area contributed by atoms with Crippen LogP contribution in [0.2, 0.25) is 0 Å². The number of hydrogen-bond donors (Lipinski definition) is 1. The number of hydrogen-bond acceptors (Lipinski definition) is 8. The van der Waals surface area contributed by atoms with Gasteiger partial charge in [0.05, 0.1) is 11.3 Å². The van der Waals surface area contributed by atoms with Crippen molar-refractivity contribution in [3.63, 3.8) is 0 Å². The molecular weight excluding hydrogens is 374 g/mol. The van der Waals surface area contributed by atoms with Crippen LogP contribution in [0.1, 0.15) is 10.4 Å². The maximum atomic E-state index is 12.5. The highest BCUT2D eigenvalue weighted by molar-refractivity contribution is 8.01. The summed E-state index contributed by atoms with van der Waals surface area (Å²) < 4.78 is 58.0. The van der Waals surface area contributed by atoms with Crippen molar-refractivity contribution in [2.45, 2.75) is 17.6 Å². The second kappa shape index (κ2) is 8.15. The first-order chi connectivity index (χ1) is 11.3. The van der Waals surface area contributed by atoms with Gasteiger partial charge in [0, 0.05) is 6.07 Å². The molecule has 0 unspecified atom stereocenters. The molecule has 2 aromatic rings. The molecule has 1 aromatic heterocycles. The van der Waals surface area contributed by atoms with Gasteiger partial charge >= 0.3 is 13.2 Å². The van der Waals surface area contributed by atoms with Crippen LogP contribution in [-0.4, -0.2) is 35.0 Å². The Hall–Kier alpha value is -2.08. The molecule has 2 rings (SSSR count). The predicted molar refractivity (Wildman–Crippen MR) is 79.1 cm³/mol. The largest absolute Gasteiger partial charge is 0.435 e. The van der Waals surface area contributed by atoms with Crippen molar-refractivity contribution < 1.29 is 31.8 Å². The Balaban J connectivity index is 2.15. The molecule has 24 heavy (non-hydrogen) atoms. The third-order valence-electron chi connectivity index (χ3n) is 2.44. The fourth-order valence-corrected chi connectivity index (χ4v) is 3.11. The van der Waals surface area contributed by atoms with Crippen molar-refractivity contribution in [1.29, 1.82) is 0 Å². The molecule has 1 heterocycles. The van der Waals surface area contributed by atoms with E-state index < -0.39 is 30.5 Å². The van der Waals surface area contributed by atoms with Gasteiger partial charge in [-0.15, -0.1) is 10.2 Å². The third kappa shape index (κ3) is 5.23. The molecule has 0 aliphatic rings. The van der Waals surface area contributed by atoms with Crippen LogP contribution in [-0.2, 0) is 0 Å². The topological polar surface area (TPSA) is 87.3 Å². The second-order valence-corrected chi connectivity index (χ2v) is 6.26. The van der Waals surface area contributed by atoms with Gasteiger partial charge in [0.25, 0.3) is 0 Å². The number of ether oxygens (including phenoxy) is 2. The molecule has 0 saturated heterocycles. The van der Waals surface area contributed by atoms with Gasteiger partial charge in [-0.1, -0.05) is 23.1 Å². The van der Waals surface area contributed by atoms with Crippen LogP contribution < -0.4 is 15.2 Å². The molecule has 0 fully saturated rings. The van der Waals surface area contributed by atoms with E-state index in [4.69, 9.17) is 5.73 Å². The Labute approximate surface area is 141 Å². The number of benzene rings is 1. The highest BCUT2D eigenvalue weighted by Gasteiger charge is 2.19. The van der Waals surface area contributed by atoms with Gasteiger partial charge in [0.2, 0.25) is 5.13 Å². The summed E-state index contributed by atoms with van der Waals surface area (Å²) in [6.07, 6.45) is 0. The van der Waals surface area contributed by atoms with E-state index >= 15 is 0 Å². The van der Waals surface area contributed by atoms with E-state index in [1.807, 2.05) is 0 Å². The van der Waals surface area contributed by atoms with Crippen LogP contribution >= 0.6 is 23.1 Å². The standard InChI is InChI=1S/C12H9F4N3O3S2/c13-9(14)21-5-1-2-6(8(3-5)22-10(15)16)7(20)4-23-12-19-18-11(17)24-12/h1-3,9-10H,4H2,(H2,17,18). The van der Waals surface area contributed by atoms with Crippen molar-refractivity contribution >= 4 is 34.0 Å². The number of carbonyl (C=O) groups excluding carboxylic acids is 1. The molecule has 6 nitrogen and oxygen atoms in total. The van der Waals surface area contributed by atoms with Gasteiger partial charge in [0.15, 0.2) is 10.1 Å². The van der Waals surface area contributed by atoms with E-state index in [0.29, 0.717) is 4.34 Å². The zero-order chi connectivity index (χ0) is 17.7. The normalized spacial score (nSPS) is 11.1. The smallest absolute Gasteiger partial charge is 0.387 e. The number of halogens is 4.